The molecule has 0 aliphatic rings. The maximum absolute atomic E-state index is 4.46. The van der Waals surface area contributed by atoms with Crippen molar-refractivity contribution in [1.29, 1.82) is 0 Å². The summed E-state index contributed by atoms with van der Waals surface area (Å²) in [7, 11) is 1.96. The Morgan fingerprint density at radius 2 is 2.21 bits per heavy atom. The third-order valence-electron chi connectivity index (χ3n) is 3.11. The number of aromatic nitrogens is 3. The molecule has 1 unspecified atom stereocenters. The van der Waals surface area contributed by atoms with Gasteiger partial charge in [0, 0.05) is 38.1 Å². The molecule has 2 heterocycles. The highest BCUT2D eigenvalue weighted by Gasteiger charge is 2.11. The molecule has 0 saturated heterocycles. The minimum absolute atomic E-state index is 0.416. The first-order valence-electron chi connectivity index (χ1n) is 6.88. The molecular formula is C15H22N4. The van der Waals surface area contributed by atoms with Crippen LogP contribution in [0.25, 0.3) is 0 Å². The summed E-state index contributed by atoms with van der Waals surface area (Å²) in [6, 6.07) is 6.63. The Hall–Kier alpha value is -1.68. The first kappa shape index (κ1) is 13.7. The van der Waals surface area contributed by atoms with Gasteiger partial charge >= 0.3 is 0 Å². The van der Waals surface area contributed by atoms with E-state index in [1.54, 1.807) is 0 Å². The van der Waals surface area contributed by atoms with Crippen LogP contribution in [0.15, 0.2) is 36.8 Å². The second kappa shape index (κ2) is 7.04. The van der Waals surface area contributed by atoms with Gasteiger partial charge in [-0.25, -0.2) is 0 Å². The Bertz CT molecular complexity index is 478. The fourth-order valence-electron chi connectivity index (χ4n) is 2.19. The third kappa shape index (κ3) is 4.48. The van der Waals surface area contributed by atoms with Crippen LogP contribution in [0.4, 0.5) is 0 Å². The van der Waals surface area contributed by atoms with E-state index in [-0.39, 0.29) is 0 Å². The molecule has 102 valence electrons. The van der Waals surface area contributed by atoms with Crippen LogP contribution < -0.4 is 5.32 Å². The molecule has 4 heteroatoms. The molecule has 2 aromatic heterocycles. The van der Waals surface area contributed by atoms with Crippen molar-refractivity contribution in [2.75, 3.05) is 6.54 Å². The van der Waals surface area contributed by atoms with Crippen LogP contribution in [0.1, 0.15) is 24.6 Å². The number of aryl methyl sites for hydroxylation is 1. The van der Waals surface area contributed by atoms with Crippen molar-refractivity contribution in [2.24, 2.45) is 7.05 Å². The van der Waals surface area contributed by atoms with E-state index >= 15 is 0 Å². The zero-order valence-corrected chi connectivity index (χ0v) is 11.7. The van der Waals surface area contributed by atoms with Gasteiger partial charge < -0.3 is 5.32 Å². The van der Waals surface area contributed by atoms with Gasteiger partial charge in [0.1, 0.15) is 0 Å². The molecule has 4 nitrogen and oxygen atoms in total. The first-order chi connectivity index (χ1) is 9.28. The maximum atomic E-state index is 4.46. The van der Waals surface area contributed by atoms with E-state index in [9.17, 15) is 0 Å². The fraction of sp³-hybridized carbons (Fsp3) is 0.467. The van der Waals surface area contributed by atoms with Crippen molar-refractivity contribution >= 4 is 0 Å². The minimum Gasteiger partial charge on any atom is -0.313 e. The van der Waals surface area contributed by atoms with Gasteiger partial charge in [0.2, 0.25) is 0 Å². The van der Waals surface area contributed by atoms with Crippen molar-refractivity contribution in [3.8, 4) is 0 Å². The van der Waals surface area contributed by atoms with Crippen LogP contribution in [0.3, 0.4) is 0 Å². The average Bonchev–Trinajstić information content (AvgIpc) is 2.82. The topological polar surface area (TPSA) is 42.7 Å². The molecule has 0 saturated carbocycles. The third-order valence-corrected chi connectivity index (χ3v) is 3.11. The monoisotopic (exact) mass is 258 g/mol. The summed E-state index contributed by atoms with van der Waals surface area (Å²) < 4.78 is 1.86. The number of hydrogen-bond donors (Lipinski definition) is 1. The number of pyridine rings is 1. The van der Waals surface area contributed by atoms with Crippen LogP contribution in [-0.4, -0.2) is 27.4 Å². The smallest absolute Gasteiger partial charge is 0.0640 e. The molecule has 1 atom stereocenters. The Morgan fingerprint density at radius 3 is 2.84 bits per heavy atom. The zero-order valence-electron chi connectivity index (χ0n) is 11.7. The molecular weight excluding hydrogens is 236 g/mol. The van der Waals surface area contributed by atoms with Gasteiger partial charge in [0.05, 0.1) is 5.69 Å². The van der Waals surface area contributed by atoms with Gasteiger partial charge in [-0.15, -0.1) is 0 Å². The standard InChI is InChI=1S/C15H22N4/c1-3-7-17-15(10-13-5-4-8-16-12-13)11-14-6-9-19(2)18-14/h4-6,8-9,12,15,17H,3,7,10-11H2,1-2H3. The zero-order chi connectivity index (χ0) is 13.5. The van der Waals surface area contributed by atoms with Crippen molar-refractivity contribution in [1.82, 2.24) is 20.1 Å². The molecule has 0 radical (unpaired) electrons. The van der Waals surface area contributed by atoms with E-state index < -0.39 is 0 Å². The lowest BCUT2D eigenvalue weighted by molar-refractivity contribution is 0.497. The quantitative estimate of drug-likeness (QED) is 0.825. The highest BCUT2D eigenvalue weighted by atomic mass is 15.2. The molecule has 1 N–H and O–H groups in total. The van der Waals surface area contributed by atoms with Gasteiger partial charge in [-0.2, -0.15) is 5.10 Å². The Morgan fingerprint density at radius 1 is 1.32 bits per heavy atom. The average molecular weight is 258 g/mol. The van der Waals surface area contributed by atoms with Crippen LogP contribution in [0.5, 0.6) is 0 Å². The predicted molar refractivity (Wildman–Crippen MR) is 76.9 cm³/mol. The molecule has 0 aliphatic carbocycles. The van der Waals surface area contributed by atoms with E-state index in [1.807, 2.05) is 36.4 Å². The summed E-state index contributed by atoms with van der Waals surface area (Å²) in [5, 5.41) is 8.06. The lowest BCUT2D eigenvalue weighted by atomic mass is 10.0. The summed E-state index contributed by atoms with van der Waals surface area (Å²) in [6.45, 7) is 3.23. The number of nitrogens with zero attached hydrogens (tertiary/aromatic N) is 3. The molecule has 2 rings (SSSR count). The summed E-state index contributed by atoms with van der Waals surface area (Å²) in [5.74, 6) is 0. The van der Waals surface area contributed by atoms with Gasteiger partial charge in [-0.3, -0.25) is 9.67 Å². The molecule has 2 aromatic rings. The summed E-state index contributed by atoms with van der Waals surface area (Å²) in [5.41, 5.74) is 2.41. The van der Waals surface area contributed by atoms with Crippen LogP contribution >= 0.6 is 0 Å². The van der Waals surface area contributed by atoms with E-state index in [0.717, 1.165) is 31.5 Å². The van der Waals surface area contributed by atoms with Gasteiger partial charge in [0.15, 0.2) is 0 Å². The summed E-state index contributed by atoms with van der Waals surface area (Å²) >= 11 is 0. The Labute approximate surface area is 114 Å². The molecule has 0 spiro atoms. The summed E-state index contributed by atoms with van der Waals surface area (Å²) in [4.78, 5) is 4.18. The Balaban J connectivity index is 1.99. The number of nitrogens with one attached hydrogen (secondary N) is 1. The minimum atomic E-state index is 0.416. The second-order valence-electron chi connectivity index (χ2n) is 4.90. The second-order valence-corrected chi connectivity index (χ2v) is 4.90. The molecule has 0 aliphatic heterocycles. The molecule has 0 amide bonds. The largest absolute Gasteiger partial charge is 0.313 e. The summed E-state index contributed by atoms with van der Waals surface area (Å²) in [6.07, 6.45) is 8.85. The number of hydrogen-bond acceptors (Lipinski definition) is 3. The van der Waals surface area contributed by atoms with Crippen LogP contribution in [-0.2, 0) is 19.9 Å². The van der Waals surface area contributed by atoms with Gasteiger partial charge in [0.25, 0.3) is 0 Å². The van der Waals surface area contributed by atoms with Crippen LogP contribution in [0, 0.1) is 0 Å². The van der Waals surface area contributed by atoms with E-state index in [2.05, 4.69) is 34.5 Å². The van der Waals surface area contributed by atoms with Crippen molar-refractivity contribution in [3.05, 3.63) is 48.0 Å². The van der Waals surface area contributed by atoms with Crippen molar-refractivity contribution in [2.45, 2.75) is 32.2 Å². The Kier molecular flexibility index (Phi) is 5.10. The molecule has 0 bridgehead atoms. The lowest BCUT2D eigenvalue weighted by Gasteiger charge is -2.17. The van der Waals surface area contributed by atoms with E-state index in [1.165, 1.54) is 5.56 Å². The normalized spacial score (nSPS) is 12.5. The predicted octanol–water partition coefficient (Wildman–Crippen LogP) is 1.97. The van der Waals surface area contributed by atoms with Gasteiger partial charge in [-0.05, 0) is 37.1 Å². The van der Waals surface area contributed by atoms with Crippen molar-refractivity contribution < 1.29 is 0 Å². The maximum Gasteiger partial charge on any atom is 0.0640 e. The molecule has 0 aromatic carbocycles. The number of rotatable bonds is 7. The van der Waals surface area contributed by atoms with Crippen molar-refractivity contribution in [3.63, 3.8) is 0 Å². The lowest BCUT2D eigenvalue weighted by Crippen LogP contribution is -2.34. The first-order valence-corrected chi connectivity index (χ1v) is 6.88. The fourth-order valence-corrected chi connectivity index (χ4v) is 2.19. The van der Waals surface area contributed by atoms with E-state index in [0.29, 0.717) is 6.04 Å². The van der Waals surface area contributed by atoms with Crippen LogP contribution in [0.2, 0.25) is 0 Å². The van der Waals surface area contributed by atoms with E-state index in [4.69, 9.17) is 0 Å². The molecule has 0 fully saturated rings. The highest BCUT2D eigenvalue weighted by molar-refractivity contribution is 5.12. The SMILES string of the molecule is CCCNC(Cc1cccnc1)Cc1ccn(C)n1. The van der Waals surface area contributed by atoms with Gasteiger partial charge in [-0.1, -0.05) is 13.0 Å². The highest BCUT2D eigenvalue weighted by Crippen LogP contribution is 2.07. The molecule has 19 heavy (non-hydrogen) atoms.